The van der Waals surface area contributed by atoms with Gasteiger partial charge in [0.2, 0.25) is 0 Å². The van der Waals surface area contributed by atoms with E-state index in [1.54, 1.807) is 6.92 Å². The number of aryl methyl sites for hydroxylation is 1. The van der Waals surface area contributed by atoms with Crippen LogP contribution in [0.15, 0.2) is 65.5 Å². The minimum Gasteiger partial charge on any atom is -0.322 e. The zero-order valence-corrected chi connectivity index (χ0v) is 11.8. The molecule has 3 rings (SSSR count). The first-order valence-corrected chi connectivity index (χ1v) is 6.93. The Bertz CT molecular complexity index is 792. The molecular weight excluding hydrogens is 260 g/mol. The molecule has 2 aromatic carbocycles. The maximum atomic E-state index is 11.9. The molecule has 104 valence electrons. The Labute approximate surface area is 123 Å². The van der Waals surface area contributed by atoms with Gasteiger partial charge in [0.15, 0.2) is 0 Å². The van der Waals surface area contributed by atoms with Crippen LogP contribution in [-0.4, -0.2) is 9.97 Å². The molecule has 0 radical (unpaired) electrons. The zero-order chi connectivity index (χ0) is 14.7. The maximum Gasteiger partial charge on any atom is 0.269 e. The number of aromatic amines is 1. The van der Waals surface area contributed by atoms with Gasteiger partial charge in [-0.3, -0.25) is 4.79 Å². The van der Waals surface area contributed by atoms with Gasteiger partial charge >= 0.3 is 0 Å². The predicted octanol–water partition coefficient (Wildman–Crippen LogP) is 3.34. The SMILES string of the molecule is Cc1nc(-c2ccccc2)c(Cc2ccccc2)[nH]c1=O. The number of H-pyrrole nitrogens is 1. The Morgan fingerprint density at radius 1 is 0.952 bits per heavy atom. The number of aromatic nitrogens is 2. The second kappa shape index (κ2) is 5.75. The quantitative estimate of drug-likeness (QED) is 0.797. The summed E-state index contributed by atoms with van der Waals surface area (Å²) in [6.07, 6.45) is 0.660. The van der Waals surface area contributed by atoms with Gasteiger partial charge in [-0.15, -0.1) is 0 Å². The number of rotatable bonds is 3. The molecule has 3 nitrogen and oxygen atoms in total. The molecule has 0 atom stereocenters. The van der Waals surface area contributed by atoms with E-state index in [1.165, 1.54) is 0 Å². The highest BCUT2D eigenvalue weighted by Crippen LogP contribution is 2.21. The van der Waals surface area contributed by atoms with Crippen LogP contribution >= 0.6 is 0 Å². The van der Waals surface area contributed by atoms with Crippen molar-refractivity contribution in [1.82, 2.24) is 9.97 Å². The van der Waals surface area contributed by atoms with Crippen molar-refractivity contribution < 1.29 is 0 Å². The number of benzene rings is 2. The Morgan fingerprint density at radius 3 is 2.24 bits per heavy atom. The van der Waals surface area contributed by atoms with Crippen molar-refractivity contribution in [2.75, 3.05) is 0 Å². The summed E-state index contributed by atoms with van der Waals surface area (Å²) in [6, 6.07) is 20.0. The first-order chi connectivity index (χ1) is 10.2. The molecule has 3 aromatic rings. The summed E-state index contributed by atoms with van der Waals surface area (Å²) in [5.41, 5.74) is 4.23. The van der Waals surface area contributed by atoms with E-state index in [0.29, 0.717) is 12.1 Å². The highest BCUT2D eigenvalue weighted by molar-refractivity contribution is 5.62. The van der Waals surface area contributed by atoms with Crippen molar-refractivity contribution in [2.24, 2.45) is 0 Å². The van der Waals surface area contributed by atoms with Crippen molar-refractivity contribution in [3.63, 3.8) is 0 Å². The van der Waals surface area contributed by atoms with Crippen molar-refractivity contribution in [1.29, 1.82) is 0 Å². The van der Waals surface area contributed by atoms with Crippen molar-refractivity contribution in [2.45, 2.75) is 13.3 Å². The fourth-order valence-electron chi connectivity index (χ4n) is 2.34. The lowest BCUT2D eigenvalue weighted by atomic mass is 10.0. The van der Waals surface area contributed by atoms with E-state index in [4.69, 9.17) is 0 Å². The fraction of sp³-hybridized carbons (Fsp3) is 0.111. The van der Waals surface area contributed by atoms with Crippen LogP contribution in [0.5, 0.6) is 0 Å². The molecule has 0 saturated carbocycles. The standard InChI is InChI=1S/C18H16N2O/c1-13-18(21)20-16(12-14-8-4-2-5-9-14)17(19-13)15-10-6-3-7-11-15/h2-11H,12H2,1H3,(H,20,21). The van der Waals surface area contributed by atoms with Gasteiger partial charge < -0.3 is 4.98 Å². The molecule has 0 amide bonds. The lowest BCUT2D eigenvalue weighted by molar-refractivity contribution is 0.973. The van der Waals surface area contributed by atoms with Crippen molar-refractivity contribution in [3.05, 3.63) is 88.0 Å². The molecule has 0 bridgehead atoms. The molecule has 0 saturated heterocycles. The summed E-state index contributed by atoms with van der Waals surface area (Å²) in [7, 11) is 0. The third kappa shape index (κ3) is 2.92. The molecule has 0 aliphatic heterocycles. The van der Waals surface area contributed by atoms with E-state index in [9.17, 15) is 4.79 Å². The maximum absolute atomic E-state index is 11.9. The second-order valence-corrected chi connectivity index (χ2v) is 5.01. The molecule has 1 heterocycles. The lowest BCUT2D eigenvalue weighted by Gasteiger charge is -2.10. The summed E-state index contributed by atoms with van der Waals surface area (Å²) in [5, 5.41) is 0. The summed E-state index contributed by atoms with van der Waals surface area (Å²) in [4.78, 5) is 19.4. The van der Waals surface area contributed by atoms with E-state index in [1.807, 2.05) is 60.7 Å². The molecule has 21 heavy (non-hydrogen) atoms. The molecule has 1 N–H and O–H groups in total. The van der Waals surface area contributed by atoms with Crippen LogP contribution in [0.25, 0.3) is 11.3 Å². The zero-order valence-electron chi connectivity index (χ0n) is 11.8. The minimum absolute atomic E-state index is 0.124. The van der Waals surface area contributed by atoms with E-state index < -0.39 is 0 Å². The van der Waals surface area contributed by atoms with Crippen LogP contribution in [0.4, 0.5) is 0 Å². The van der Waals surface area contributed by atoms with Crippen LogP contribution in [-0.2, 0) is 6.42 Å². The third-order valence-electron chi connectivity index (χ3n) is 3.43. The number of hydrogen-bond acceptors (Lipinski definition) is 2. The normalized spacial score (nSPS) is 10.5. The molecule has 0 unspecified atom stereocenters. The number of hydrogen-bond donors (Lipinski definition) is 1. The van der Waals surface area contributed by atoms with Gasteiger partial charge in [-0.1, -0.05) is 60.7 Å². The van der Waals surface area contributed by atoms with Gasteiger partial charge in [-0.25, -0.2) is 4.98 Å². The van der Waals surface area contributed by atoms with E-state index in [0.717, 1.165) is 22.5 Å². The highest BCUT2D eigenvalue weighted by atomic mass is 16.1. The second-order valence-electron chi connectivity index (χ2n) is 5.01. The molecular formula is C18H16N2O. The van der Waals surface area contributed by atoms with Gasteiger partial charge in [0, 0.05) is 17.7 Å². The topological polar surface area (TPSA) is 45.8 Å². The molecule has 1 aromatic heterocycles. The Hall–Kier alpha value is -2.68. The van der Waals surface area contributed by atoms with Crippen molar-refractivity contribution >= 4 is 0 Å². The van der Waals surface area contributed by atoms with Gasteiger partial charge in [0.05, 0.1) is 5.69 Å². The monoisotopic (exact) mass is 276 g/mol. The first kappa shape index (κ1) is 13.3. The highest BCUT2D eigenvalue weighted by Gasteiger charge is 2.10. The smallest absolute Gasteiger partial charge is 0.269 e. The van der Waals surface area contributed by atoms with E-state index in [-0.39, 0.29) is 5.56 Å². The number of nitrogens with zero attached hydrogens (tertiary/aromatic N) is 1. The summed E-state index contributed by atoms with van der Waals surface area (Å²) in [6.45, 7) is 1.73. The van der Waals surface area contributed by atoms with Crippen LogP contribution in [0, 0.1) is 6.92 Å². The third-order valence-corrected chi connectivity index (χ3v) is 3.43. The van der Waals surface area contributed by atoms with Gasteiger partial charge in [0.1, 0.15) is 5.69 Å². The molecule has 0 spiro atoms. The Balaban J connectivity index is 2.11. The van der Waals surface area contributed by atoms with Crippen LogP contribution < -0.4 is 5.56 Å². The fourth-order valence-corrected chi connectivity index (χ4v) is 2.34. The molecule has 3 heteroatoms. The first-order valence-electron chi connectivity index (χ1n) is 6.93. The Morgan fingerprint density at radius 2 is 1.57 bits per heavy atom. The molecule has 0 aliphatic rings. The summed E-state index contributed by atoms with van der Waals surface area (Å²) in [5.74, 6) is 0. The van der Waals surface area contributed by atoms with Gasteiger partial charge in [0.25, 0.3) is 5.56 Å². The van der Waals surface area contributed by atoms with Crippen molar-refractivity contribution in [3.8, 4) is 11.3 Å². The lowest BCUT2D eigenvalue weighted by Crippen LogP contribution is -2.16. The van der Waals surface area contributed by atoms with Crippen LogP contribution in [0.3, 0.4) is 0 Å². The Kier molecular flexibility index (Phi) is 3.65. The average molecular weight is 276 g/mol. The molecule has 0 fully saturated rings. The van der Waals surface area contributed by atoms with Crippen LogP contribution in [0.1, 0.15) is 17.0 Å². The van der Waals surface area contributed by atoms with E-state index >= 15 is 0 Å². The summed E-state index contributed by atoms with van der Waals surface area (Å²) >= 11 is 0. The van der Waals surface area contributed by atoms with Gasteiger partial charge in [-0.05, 0) is 12.5 Å². The largest absolute Gasteiger partial charge is 0.322 e. The summed E-state index contributed by atoms with van der Waals surface area (Å²) < 4.78 is 0. The predicted molar refractivity (Wildman–Crippen MR) is 84.3 cm³/mol. The molecule has 0 aliphatic carbocycles. The van der Waals surface area contributed by atoms with Gasteiger partial charge in [-0.2, -0.15) is 0 Å². The minimum atomic E-state index is -0.124. The number of nitrogens with one attached hydrogen (secondary N) is 1. The average Bonchev–Trinajstić information content (AvgIpc) is 2.52. The van der Waals surface area contributed by atoms with E-state index in [2.05, 4.69) is 9.97 Å². The van der Waals surface area contributed by atoms with Crippen LogP contribution in [0.2, 0.25) is 0 Å².